The van der Waals surface area contributed by atoms with Crippen LogP contribution in [0.3, 0.4) is 0 Å². The number of aromatic nitrogens is 3. The molecular formula is C25H25N5O2. The maximum Gasteiger partial charge on any atom is 0.254 e. The first kappa shape index (κ1) is 21.3. The van der Waals surface area contributed by atoms with Crippen molar-refractivity contribution in [2.75, 3.05) is 0 Å². The van der Waals surface area contributed by atoms with E-state index in [-0.39, 0.29) is 11.5 Å². The van der Waals surface area contributed by atoms with E-state index < -0.39 is 0 Å². The Kier molecular flexibility index (Phi) is 6.57. The molecule has 0 fully saturated rings. The molecule has 0 aliphatic heterocycles. The lowest BCUT2D eigenvalue weighted by atomic mass is 10.1. The summed E-state index contributed by atoms with van der Waals surface area (Å²) in [4.78, 5) is 24.3. The second kappa shape index (κ2) is 9.89. The largest absolute Gasteiger partial charge is 0.348 e. The maximum absolute atomic E-state index is 12.4. The van der Waals surface area contributed by atoms with Crippen molar-refractivity contribution in [1.82, 2.24) is 19.7 Å². The van der Waals surface area contributed by atoms with Crippen LogP contribution in [0.15, 0.2) is 90.1 Å². The average molecular weight is 428 g/mol. The number of nitrogens with one attached hydrogen (secondary N) is 1. The molecule has 4 rings (SSSR count). The number of carbonyl (C=O) groups is 1. The van der Waals surface area contributed by atoms with Gasteiger partial charge in [-0.2, -0.15) is 5.10 Å². The molecule has 32 heavy (non-hydrogen) atoms. The van der Waals surface area contributed by atoms with E-state index in [1.54, 1.807) is 40.0 Å². The summed E-state index contributed by atoms with van der Waals surface area (Å²) in [7, 11) is 0. The lowest BCUT2D eigenvalue weighted by Crippen LogP contribution is -2.22. The van der Waals surface area contributed by atoms with Gasteiger partial charge >= 0.3 is 0 Å². The fraction of sp³-hybridized carbons (Fsp3) is 0.160. The quantitative estimate of drug-likeness (QED) is 0.452. The van der Waals surface area contributed by atoms with Crippen LogP contribution in [0.5, 0.6) is 0 Å². The van der Waals surface area contributed by atoms with Crippen LogP contribution in [0.2, 0.25) is 0 Å². The zero-order valence-corrected chi connectivity index (χ0v) is 17.6. The molecule has 4 aromatic rings. The third-order valence-corrected chi connectivity index (χ3v) is 5.23. The topological polar surface area (TPSA) is 94.9 Å². The molecule has 7 nitrogen and oxygen atoms in total. The van der Waals surface area contributed by atoms with Gasteiger partial charge in [-0.15, -0.1) is 0 Å². The van der Waals surface area contributed by atoms with Crippen molar-refractivity contribution in [3.8, 4) is 0 Å². The highest BCUT2D eigenvalue weighted by Crippen LogP contribution is 2.09. The summed E-state index contributed by atoms with van der Waals surface area (Å²) in [5.41, 5.74) is 10.3. The van der Waals surface area contributed by atoms with Crippen molar-refractivity contribution in [2.45, 2.75) is 26.2 Å². The minimum atomic E-state index is -0.164. The molecule has 2 aromatic carbocycles. The van der Waals surface area contributed by atoms with Crippen LogP contribution in [0.25, 0.3) is 0 Å². The van der Waals surface area contributed by atoms with Crippen molar-refractivity contribution in [3.05, 3.63) is 123 Å². The fourth-order valence-electron chi connectivity index (χ4n) is 3.37. The second-order valence-corrected chi connectivity index (χ2v) is 7.61. The van der Waals surface area contributed by atoms with Gasteiger partial charge in [0.2, 0.25) is 0 Å². The van der Waals surface area contributed by atoms with Gasteiger partial charge in [0.15, 0.2) is 0 Å². The Bertz CT molecular complexity index is 1240. The first-order valence-electron chi connectivity index (χ1n) is 10.4. The first-order valence-corrected chi connectivity index (χ1v) is 10.4. The number of hydrogen-bond donors (Lipinski definition) is 2. The van der Waals surface area contributed by atoms with Gasteiger partial charge < -0.3 is 15.6 Å². The third kappa shape index (κ3) is 5.39. The molecule has 0 saturated carbocycles. The lowest BCUT2D eigenvalue weighted by molar-refractivity contribution is 0.0951. The van der Waals surface area contributed by atoms with Crippen molar-refractivity contribution in [2.24, 2.45) is 5.73 Å². The van der Waals surface area contributed by atoms with Crippen LogP contribution in [0.1, 0.15) is 32.6 Å². The van der Waals surface area contributed by atoms with Crippen LogP contribution >= 0.6 is 0 Å². The van der Waals surface area contributed by atoms with Gasteiger partial charge in [0, 0.05) is 31.5 Å². The molecule has 0 bridgehead atoms. The molecule has 0 atom stereocenters. The average Bonchev–Trinajstić information content (AvgIpc) is 3.29. The van der Waals surface area contributed by atoms with Gasteiger partial charge in [-0.1, -0.05) is 54.6 Å². The van der Waals surface area contributed by atoms with E-state index in [4.69, 9.17) is 5.73 Å². The van der Waals surface area contributed by atoms with Gasteiger partial charge in [-0.25, -0.2) is 0 Å². The third-order valence-electron chi connectivity index (χ3n) is 5.23. The normalized spacial score (nSPS) is 10.8. The zero-order valence-electron chi connectivity index (χ0n) is 17.6. The molecule has 3 N–H and O–H groups in total. The van der Waals surface area contributed by atoms with Crippen LogP contribution in [0, 0.1) is 0 Å². The molecule has 7 heteroatoms. The number of nitrogens with two attached hydrogens (primary N) is 1. The van der Waals surface area contributed by atoms with Crippen molar-refractivity contribution in [3.63, 3.8) is 0 Å². The molecule has 0 radical (unpaired) electrons. The number of benzene rings is 2. The van der Waals surface area contributed by atoms with Gasteiger partial charge in [-0.3, -0.25) is 14.3 Å². The van der Waals surface area contributed by atoms with E-state index in [0.29, 0.717) is 31.7 Å². The van der Waals surface area contributed by atoms with E-state index in [0.717, 1.165) is 22.3 Å². The summed E-state index contributed by atoms with van der Waals surface area (Å²) in [6, 6.07) is 21.0. The Morgan fingerprint density at radius 1 is 0.875 bits per heavy atom. The number of rotatable bonds is 8. The Balaban J connectivity index is 1.32. The zero-order chi connectivity index (χ0) is 22.3. The van der Waals surface area contributed by atoms with Crippen molar-refractivity contribution >= 4 is 5.91 Å². The van der Waals surface area contributed by atoms with Crippen molar-refractivity contribution in [1.29, 1.82) is 0 Å². The number of amides is 1. The van der Waals surface area contributed by atoms with Crippen LogP contribution < -0.4 is 16.6 Å². The van der Waals surface area contributed by atoms with E-state index >= 15 is 0 Å². The SMILES string of the molecule is NCc1ccc(CNC(=O)c2cnn(Cc3ccc(Cn4ccccc4=O)cc3)c2)cc1. The fourth-order valence-corrected chi connectivity index (χ4v) is 3.37. The Hall–Kier alpha value is -3.97. The Labute approximate surface area is 186 Å². The highest BCUT2D eigenvalue weighted by molar-refractivity contribution is 5.93. The highest BCUT2D eigenvalue weighted by Gasteiger charge is 2.09. The van der Waals surface area contributed by atoms with Crippen molar-refractivity contribution < 1.29 is 4.79 Å². The summed E-state index contributed by atoms with van der Waals surface area (Å²) in [5, 5.41) is 7.22. The predicted molar refractivity (Wildman–Crippen MR) is 123 cm³/mol. The predicted octanol–water partition coefficient (Wildman–Crippen LogP) is 2.53. The number of nitrogens with zero attached hydrogens (tertiary/aromatic N) is 3. The standard InChI is InChI=1S/C25H25N5O2/c26-13-19-4-6-20(7-5-19)14-27-25(32)23-15-28-30(18-23)17-22-10-8-21(9-11-22)16-29-12-2-1-3-24(29)31/h1-12,15,18H,13-14,16-17,26H2,(H,27,32). The van der Waals surface area contributed by atoms with Gasteiger partial charge in [0.1, 0.15) is 0 Å². The van der Waals surface area contributed by atoms with Gasteiger partial charge in [0.05, 0.1) is 24.8 Å². The minimum Gasteiger partial charge on any atom is -0.348 e. The van der Waals surface area contributed by atoms with Crippen LogP contribution in [-0.4, -0.2) is 20.3 Å². The van der Waals surface area contributed by atoms with E-state index in [2.05, 4.69) is 10.4 Å². The number of hydrogen-bond acceptors (Lipinski definition) is 4. The molecule has 2 aromatic heterocycles. The Morgan fingerprint density at radius 3 is 2.22 bits per heavy atom. The molecule has 0 unspecified atom stereocenters. The van der Waals surface area contributed by atoms with Crippen LogP contribution in [0.4, 0.5) is 0 Å². The molecule has 0 spiro atoms. The maximum atomic E-state index is 12.4. The highest BCUT2D eigenvalue weighted by atomic mass is 16.1. The first-order chi connectivity index (χ1) is 15.6. The number of pyridine rings is 1. The molecule has 0 aliphatic carbocycles. The summed E-state index contributed by atoms with van der Waals surface area (Å²) in [6.07, 6.45) is 5.09. The second-order valence-electron chi connectivity index (χ2n) is 7.61. The molecule has 2 heterocycles. The van der Waals surface area contributed by atoms with Gasteiger partial charge in [0.25, 0.3) is 11.5 Å². The van der Waals surface area contributed by atoms with Gasteiger partial charge in [-0.05, 0) is 28.3 Å². The molecule has 0 aliphatic rings. The molecule has 162 valence electrons. The smallest absolute Gasteiger partial charge is 0.254 e. The molecular weight excluding hydrogens is 402 g/mol. The summed E-state index contributed by atoms with van der Waals surface area (Å²) < 4.78 is 3.40. The monoisotopic (exact) mass is 427 g/mol. The Morgan fingerprint density at radius 2 is 1.53 bits per heavy atom. The van der Waals surface area contributed by atoms with E-state index in [1.165, 1.54) is 0 Å². The lowest BCUT2D eigenvalue weighted by Gasteiger charge is -2.07. The molecule has 1 amide bonds. The minimum absolute atomic E-state index is 0.0218. The summed E-state index contributed by atoms with van der Waals surface area (Å²) in [5.74, 6) is -0.164. The van der Waals surface area contributed by atoms with E-state index in [9.17, 15) is 9.59 Å². The van der Waals surface area contributed by atoms with E-state index in [1.807, 2.05) is 54.6 Å². The summed E-state index contributed by atoms with van der Waals surface area (Å²) in [6.45, 7) is 2.03. The van der Waals surface area contributed by atoms with Crippen LogP contribution in [-0.2, 0) is 26.2 Å². The summed E-state index contributed by atoms with van der Waals surface area (Å²) >= 11 is 0. The molecule has 0 saturated heterocycles. The number of carbonyl (C=O) groups excluding carboxylic acids is 1.